The number of amides is 1. The van der Waals surface area contributed by atoms with Crippen LogP contribution in [0, 0.1) is 0 Å². The highest BCUT2D eigenvalue weighted by Crippen LogP contribution is 2.21. The molecule has 1 fully saturated rings. The zero-order valence-corrected chi connectivity index (χ0v) is 11.9. The molecule has 0 aliphatic carbocycles. The SMILES string of the molecule is CC(C)(C)OC(=O)N1CC[C@H](OC(C)(C)C)C1. The van der Waals surface area contributed by atoms with Crippen LogP contribution < -0.4 is 0 Å². The molecule has 0 aromatic heterocycles. The fourth-order valence-corrected chi connectivity index (χ4v) is 1.82. The van der Waals surface area contributed by atoms with Crippen molar-refractivity contribution in [3.05, 3.63) is 0 Å². The number of ether oxygens (including phenoxy) is 2. The Hall–Kier alpha value is -0.770. The summed E-state index contributed by atoms with van der Waals surface area (Å²) in [6.07, 6.45) is 0.774. The van der Waals surface area contributed by atoms with Gasteiger partial charge in [0, 0.05) is 6.54 Å². The number of likely N-dealkylation sites (tertiary alicyclic amines) is 1. The summed E-state index contributed by atoms with van der Waals surface area (Å²) >= 11 is 0. The van der Waals surface area contributed by atoms with Gasteiger partial charge in [-0.05, 0) is 48.0 Å². The van der Waals surface area contributed by atoms with Crippen molar-refractivity contribution in [2.24, 2.45) is 0 Å². The summed E-state index contributed by atoms with van der Waals surface area (Å²) in [7, 11) is 0. The molecule has 1 heterocycles. The van der Waals surface area contributed by atoms with Crippen LogP contribution in [-0.4, -0.2) is 41.4 Å². The van der Waals surface area contributed by atoms with E-state index < -0.39 is 5.60 Å². The zero-order valence-electron chi connectivity index (χ0n) is 11.9. The van der Waals surface area contributed by atoms with Crippen molar-refractivity contribution in [3.63, 3.8) is 0 Å². The van der Waals surface area contributed by atoms with Crippen molar-refractivity contribution in [1.29, 1.82) is 0 Å². The van der Waals surface area contributed by atoms with Gasteiger partial charge in [0.05, 0.1) is 18.2 Å². The lowest BCUT2D eigenvalue weighted by Crippen LogP contribution is -2.37. The second-order valence-electron chi connectivity index (χ2n) is 6.57. The molecule has 4 heteroatoms. The molecule has 0 unspecified atom stereocenters. The van der Waals surface area contributed by atoms with E-state index in [1.54, 1.807) is 4.90 Å². The Kier molecular flexibility index (Phi) is 4.07. The van der Waals surface area contributed by atoms with Gasteiger partial charge in [-0.3, -0.25) is 0 Å². The van der Waals surface area contributed by atoms with E-state index in [9.17, 15) is 4.79 Å². The molecule has 1 rings (SSSR count). The number of rotatable bonds is 1. The quantitative estimate of drug-likeness (QED) is 0.711. The van der Waals surface area contributed by atoms with Gasteiger partial charge in [0.25, 0.3) is 0 Å². The van der Waals surface area contributed by atoms with Crippen LogP contribution in [0.1, 0.15) is 48.0 Å². The molecule has 1 amide bonds. The summed E-state index contributed by atoms with van der Waals surface area (Å²) in [6.45, 7) is 13.1. The van der Waals surface area contributed by atoms with Gasteiger partial charge in [-0.2, -0.15) is 0 Å². The maximum Gasteiger partial charge on any atom is 0.410 e. The van der Waals surface area contributed by atoms with Crippen molar-refractivity contribution in [1.82, 2.24) is 4.90 Å². The monoisotopic (exact) mass is 243 g/mol. The molecule has 0 N–H and O–H groups in total. The van der Waals surface area contributed by atoms with E-state index >= 15 is 0 Å². The van der Waals surface area contributed by atoms with Crippen molar-refractivity contribution in [3.8, 4) is 0 Å². The lowest BCUT2D eigenvalue weighted by molar-refractivity contribution is -0.0549. The maximum absolute atomic E-state index is 11.8. The van der Waals surface area contributed by atoms with Crippen LogP contribution in [-0.2, 0) is 9.47 Å². The van der Waals surface area contributed by atoms with Crippen molar-refractivity contribution >= 4 is 6.09 Å². The molecular weight excluding hydrogens is 218 g/mol. The molecule has 0 aromatic carbocycles. The highest BCUT2D eigenvalue weighted by atomic mass is 16.6. The molecule has 1 aliphatic heterocycles. The molecule has 0 spiro atoms. The third-order valence-electron chi connectivity index (χ3n) is 2.32. The molecular formula is C13H25NO3. The van der Waals surface area contributed by atoms with Gasteiger partial charge < -0.3 is 14.4 Å². The summed E-state index contributed by atoms with van der Waals surface area (Å²) in [4.78, 5) is 13.5. The lowest BCUT2D eigenvalue weighted by atomic mass is 10.2. The van der Waals surface area contributed by atoms with E-state index in [1.165, 1.54) is 0 Å². The van der Waals surface area contributed by atoms with Gasteiger partial charge in [-0.15, -0.1) is 0 Å². The maximum atomic E-state index is 11.8. The Balaban J connectivity index is 2.43. The Labute approximate surface area is 104 Å². The molecule has 1 saturated heterocycles. The predicted octanol–water partition coefficient (Wildman–Crippen LogP) is 2.81. The van der Waals surface area contributed by atoms with Crippen LogP contribution in [0.25, 0.3) is 0 Å². The molecule has 4 nitrogen and oxygen atoms in total. The van der Waals surface area contributed by atoms with Gasteiger partial charge in [-0.1, -0.05) is 0 Å². The van der Waals surface area contributed by atoms with Gasteiger partial charge in [-0.25, -0.2) is 4.79 Å². The summed E-state index contributed by atoms with van der Waals surface area (Å²) < 4.78 is 11.2. The zero-order chi connectivity index (χ0) is 13.3. The number of carbonyl (C=O) groups is 1. The van der Waals surface area contributed by atoms with Crippen molar-refractivity contribution in [2.45, 2.75) is 65.3 Å². The Morgan fingerprint density at radius 1 is 1.12 bits per heavy atom. The first-order valence-electron chi connectivity index (χ1n) is 6.22. The molecule has 0 radical (unpaired) electrons. The van der Waals surface area contributed by atoms with Gasteiger partial charge in [0.15, 0.2) is 0 Å². The fourth-order valence-electron chi connectivity index (χ4n) is 1.82. The molecule has 1 atom stereocenters. The summed E-state index contributed by atoms with van der Waals surface area (Å²) in [5.74, 6) is 0. The lowest BCUT2D eigenvalue weighted by Gasteiger charge is -2.26. The van der Waals surface area contributed by atoms with E-state index in [1.807, 2.05) is 41.5 Å². The third kappa shape index (κ3) is 5.39. The van der Waals surface area contributed by atoms with E-state index in [0.717, 1.165) is 13.0 Å². The van der Waals surface area contributed by atoms with E-state index in [0.29, 0.717) is 6.54 Å². The third-order valence-corrected chi connectivity index (χ3v) is 2.32. The van der Waals surface area contributed by atoms with Gasteiger partial charge in [0.1, 0.15) is 5.60 Å². The first-order valence-corrected chi connectivity index (χ1v) is 6.22. The average molecular weight is 243 g/mol. The van der Waals surface area contributed by atoms with Crippen LogP contribution in [0.3, 0.4) is 0 Å². The molecule has 0 aromatic rings. The largest absolute Gasteiger partial charge is 0.444 e. The number of carbonyl (C=O) groups excluding carboxylic acids is 1. The van der Waals surface area contributed by atoms with Gasteiger partial charge in [0.2, 0.25) is 0 Å². The number of nitrogens with zero attached hydrogens (tertiary/aromatic N) is 1. The molecule has 0 saturated carbocycles. The normalized spacial score (nSPS) is 21.8. The summed E-state index contributed by atoms with van der Waals surface area (Å²) in [5, 5.41) is 0. The molecule has 17 heavy (non-hydrogen) atoms. The minimum absolute atomic E-state index is 0.127. The van der Waals surface area contributed by atoms with Crippen molar-refractivity contribution < 1.29 is 14.3 Å². The minimum Gasteiger partial charge on any atom is -0.444 e. The topological polar surface area (TPSA) is 38.8 Å². The van der Waals surface area contributed by atoms with Crippen LogP contribution in [0.2, 0.25) is 0 Å². The average Bonchev–Trinajstić information content (AvgIpc) is 2.45. The molecule has 100 valence electrons. The fraction of sp³-hybridized carbons (Fsp3) is 0.923. The standard InChI is InChI=1S/C13H25NO3/c1-12(2,3)16-10-7-8-14(9-10)11(15)17-13(4,5)6/h10H,7-9H2,1-6H3/t10-/m0/s1. The Bertz CT molecular complexity index is 275. The predicted molar refractivity (Wildman–Crippen MR) is 67.1 cm³/mol. The minimum atomic E-state index is -0.431. The molecule has 1 aliphatic rings. The highest BCUT2D eigenvalue weighted by Gasteiger charge is 2.32. The van der Waals surface area contributed by atoms with E-state index in [2.05, 4.69) is 0 Å². The van der Waals surface area contributed by atoms with E-state index in [4.69, 9.17) is 9.47 Å². The second kappa shape index (κ2) is 4.84. The first kappa shape index (κ1) is 14.3. The molecule has 0 bridgehead atoms. The van der Waals surface area contributed by atoms with E-state index in [-0.39, 0.29) is 17.8 Å². The van der Waals surface area contributed by atoms with Gasteiger partial charge >= 0.3 is 6.09 Å². The van der Waals surface area contributed by atoms with Crippen LogP contribution >= 0.6 is 0 Å². The Morgan fingerprint density at radius 3 is 2.18 bits per heavy atom. The number of hydrogen-bond acceptors (Lipinski definition) is 3. The van der Waals surface area contributed by atoms with Crippen molar-refractivity contribution in [2.75, 3.05) is 13.1 Å². The Morgan fingerprint density at radius 2 is 1.71 bits per heavy atom. The smallest absolute Gasteiger partial charge is 0.410 e. The first-order chi connectivity index (χ1) is 7.57. The van der Waals surface area contributed by atoms with Crippen LogP contribution in [0.5, 0.6) is 0 Å². The second-order valence-corrected chi connectivity index (χ2v) is 6.57. The highest BCUT2D eigenvalue weighted by molar-refractivity contribution is 5.68. The van der Waals surface area contributed by atoms with Crippen LogP contribution in [0.4, 0.5) is 4.79 Å². The summed E-state index contributed by atoms with van der Waals surface area (Å²) in [5.41, 5.74) is -0.589. The number of hydrogen-bond donors (Lipinski definition) is 0. The summed E-state index contributed by atoms with van der Waals surface area (Å²) in [6, 6.07) is 0. The van der Waals surface area contributed by atoms with Crippen LogP contribution in [0.15, 0.2) is 0 Å².